The van der Waals surface area contributed by atoms with Crippen molar-refractivity contribution in [3.05, 3.63) is 36.2 Å². The Balaban J connectivity index is 1.19. The molecule has 2 aliphatic rings. The number of hydrogen-bond donors (Lipinski definition) is 1. The minimum absolute atomic E-state index is 0.0682. The van der Waals surface area contributed by atoms with Crippen LogP contribution in [0.1, 0.15) is 55.4 Å². The summed E-state index contributed by atoms with van der Waals surface area (Å²) in [5, 5.41) is 11.0. The highest BCUT2D eigenvalue weighted by Gasteiger charge is 2.21. The fraction of sp³-hybridized carbons (Fsp3) is 0.571. The standard InChI is InChI=1S/C21H28N4O3/c26-21(18-14-25(24-23-18)13-11-16-6-2-1-3-7-16)22-12-10-17-15-27-19-8-4-5-9-20(19)28-17/h4-5,8-9,14,16-17H,1-3,6-7,10-13,15H2,(H,22,26)/t17-/m0/s1. The van der Waals surface area contributed by atoms with E-state index in [9.17, 15) is 4.79 Å². The maximum Gasteiger partial charge on any atom is 0.273 e. The van der Waals surface area contributed by atoms with Crippen LogP contribution in [0.5, 0.6) is 11.5 Å². The Morgan fingerprint density at radius 3 is 2.82 bits per heavy atom. The quantitative estimate of drug-likeness (QED) is 0.793. The summed E-state index contributed by atoms with van der Waals surface area (Å²) >= 11 is 0. The maximum absolute atomic E-state index is 12.3. The summed E-state index contributed by atoms with van der Waals surface area (Å²) in [5.41, 5.74) is 0.370. The van der Waals surface area contributed by atoms with Crippen LogP contribution in [0, 0.1) is 5.92 Å². The zero-order chi connectivity index (χ0) is 19.2. The number of nitrogens with one attached hydrogen (secondary N) is 1. The third-order valence-corrected chi connectivity index (χ3v) is 5.58. The van der Waals surface area contributed by atoms with Crippen molar-refractivity contribution >= 4 is 5.91 Å². The van der Waals surface area contributed by atoms with Gasteiger partial charge >= 0.3 is 0 Å². The van der Waals surface area contributed by atoms with E-state index in [-0.39, 0.29) is 12.0 Å². The zero-order valence-corrected chi connectivity index (χ0v) is 16.2. The van der Waals surface area contributed by atoms with Crippen LogP contribution in [0.25, 0.3) is 0 Å². The van der Waals surface area contributed by atoms with Gasteiger partial charge in [0.2, 0.25) is 0 Å². The first kappa shape index (κ1) is 18.8. The summed E-state index contributed by atoms with van der Waals surface area (Å²) in [6, 6.07) is 7.63. The van der Waals surface area contributed by atoms with Crippen LogP contribution < -0.4 is 14.8 Å². The number of aryl methyl sites for hydroxylation is 1. The SMILES string of the molecule is O=C(NCC[C@H]1COc2ccccc2O1)c1cn(CCC2CCCCC2)nn1. The van der Waals surface area contributed by atoms with E-state index in [1.54, 1.807) is 10.9 Å². The highest BCUT2D eigenvalue weighted by atomic mass is 16.6. The molecule has 7 heteroatoms. The van der Waals surface area contributed by atoms with Crippen molar-refractivity contribution < 1.29 is 14.3 Å². The molecule has 0 saturated heterocycles. The van der Waals surface area contributed by atoms with Gasteiger partial charge in [-0.15, -0.1) is 5.10 Å². The molecule has 1 amide bonds. The van der Waals surface area contributed by atoms with Gasteiger partial charge in [-0.2, -0.15) is 0 Å². The Morgan fingerprint density at radius 1 is 1.14 bits per heavy atom. The lowest BCUT2D eigenvalue weighted by molar-refractivity contribution is 0.0811. The molecule has 1 atom stereocenters. The van der Waals surface area contributed by atoms with Crippen molar-refractivity contribution in [3.63, 3.8) is 0 Å². The van der Waals surface area contributed by atoms with Gasteiger partial charge in [0.25, 0.3) is 5.91 Å². The van der Waals surface area contributed by atoms with Gasteiger partial charge in [0, 0.05) is 19.5 Å². The molecule has 7 nitrogen and oxygen atoms in total. The third kappa shape index (κ3) is 4.82. The normalized spacial score (nSPS) is 19.4. The van der Waals surface area contributed by atoms with Gasteiger partial charge in [-0.1, -0.05) is 49.5 Å². The van der Waals surface area contributed by atoms with Crippen molar-refractivity contribution in [1.29, 1.82) is 0 Å². The minimum Gasteiger partial charge on any atom is -0.486 e. The number of amides is 1. The first-order valence-corrected chi connectivity index (χ1v) is 10.3. The van der Waals surface area contributed by atoms with Crippen LogP contribution in [0.3, 0.4) is 0 Å². The third-order valence-electron chi connectivity index (χ3n) is 5.58. The van der Waals surface area contributed by atoms with Crippen LogP contribution in [-0.2, 0) is 6.54 Å². The molecular weight excluding hydrogens is 356 g/mol. The molecule has 28 heavy (non-hydrogen) atoms. The Bertz CT molecular complexity index is 785. The molecule has 1 aromatic heterocycles. The molecule has 0 spiro atoms. The summed E-state index contributed by atoms with van der Waals surface area (Å²) in [6.07, 6.45) is 10.2. The molecule has 1 saturated carbocycles. The van der Waals surface area contributed by atoms with Gasteiger partial charge in [-0.3, -0.25) is 9.48 Å². The molecule has 1 aliphatic carbocycles. The Morgan fingerprint density at radius 2 is 1.96 bits per heavy atom. The van der Waals surface area contributed by atoms with Crippen molar-refractivity contribution in [2.24, 2.45) is 5.92 Å². The topological polar surface area (TPSA) is 78.3 Å². The lowest BCUT2D eigenvalue weighted by Gasteiger charge is -2.26. The van der Waals surface area contributed by atoms with E-state index in [0.717, 1.165) is 30.4 Å². The van der Waals surface area contributed by atoms with E-state index in [4.69, 9.17) is 9.47 Å². The predicted molar refractivity (Wildman–Crippen MR) is 105 cm³/mol. The first-order chi connectivity index (χ1) is 13.8. The number of para-hydroxylation sites is 2. The van der Waals surface area contributed by atoms with Crippen molar-refractivity contribution in [2.75, 3.05) is 13.2 Å². The van der Waals surface area contributed by atoms with Crippen molar-refractivity contribution in [3.8, 4) is 11.5 Å². The monoisotopic (exact) mass is 384 g/mol. The summed E-state index contributed by atoms with van der Waals surface area (Å²) in [7, 11) is 0. The largest absolute Gasteiger partial charge is 0.486 e. The molecule has 1 fully saturated rings. The van der Waals surface area contributed by atoms with Gasteiger partial charge < -0.3 is 14.8 Å². The van der Waals surface area contributed by atoms with E-state index in [1.165, 1.54) is 32.1 Å². The fourth-order valence-electron chi connectivity index (χ4n) is 3.94. The summed E-state index contributed by atoms with van der Waals surface area (Å²) < 4.78 is 13.4. The van der Waals surface area contributed by atoms with Crippen LogP contribution in [0.2, 0.25) is 0 Å². The summed E-state index contributed by atoms with van der Waals surface area (Å²) in [4.78, 5) is 12.3. The van der Waals surface area contributed by atoms with Crippen molar-refractivity contribution in [1.82, 2.24) is 20.3 Å². The predicted octanol–water partition coefficient (Wildman–Crippen LogP) is 3.21. The van der Waals surface area contributed by atoms with Crippen LogP contribution in [0.4, 0.5) is 0 Å². The van der Waals surface area contributed by atoms with E-state index >= 15 is 0 Å². The highest BCUT2D eigenvalue weighted by molar-refractivity contribution is 5.91. The van der Waals surface area contributed by atoms with Crippen LogP contribution >= 0.6 is 0 Å². The van der Waals surface area contributed by atoms with Gasteiger partial charge in [-0.05, 0) is 24.5 Å². The molecule has 150 valence electrons. The van der Waals surface area contributed by atoms with E-state index in [0.29, 0.717) is 25.3 Å². The number of carbonyl (C=O) groups is 1. The number of ether oxygens (including phenoxy) is 2. The lowest BCUT2D eigenvalue weighted by atomic mass is 9.87. The molecule has 1 aliphatic heterocycles. The molecule has 1 aromatic carbocycles. The fourth-order valence-corrected chi connectivity index (χ4v) is 3.94. The minimum atomic E-state index is -0.193. The molecule has 0 radical (unpaired) electrons. The number of nitrogens with zero attached hydrogens (tertiary/aromatic N) is 3. The Labute approximate surface area is 165 Å². The van der Waals surface area contributed by atoms with Crippen molar-refractivity contribution in [2.45, 2.75) is 57.6 Å². The number of aromatic nitrogens is 3. The second-order valence-corrected chi connectivity index (χ2v) is 7.70. The first-order valence-electron chi connectivity index (χ1n) is 10.3. The second-order valence-electron chi connectivity index (χ2n) is 7.70. The van der Waals surface area contributed by atoms with E-state index < -0.39 is 0 Å². The number of fused-ring (bicyclic) bond motifs is 1. The van der Waals surface area contributed by atoms with Gasteiger partial charge in [-0.25, -0.2) is 0 Å². The Kier molecular flexibility index (Phi) is 6.09. The molecule has 4 rings (SSSR count). The molecule has 2 heterocycles. The molecule has 2 aromatic rings. The lowest BCUT2D eigenvalue weighted by Crippen LogP contribution is -2.34. The number of benzene rings is 1. The number of carbonyl (C=O) groups excluding carboxylic acids is 1. The average Bonchev–Trinajstić information content (AvgIpc) is 3.22. The number of rotatable bonds is 7. The molecule has 0 bridgehead atoms. The molecule has 1 N–H and O–H groups in total. The highest BCUT2D eigenvalue weighted by Crippen LogP contribution is 2.31. The summed E-state index contributed by atoms with van der Waals surface area (Å²) in [6.45, 7) is 1.83. The van der Waals surface area contributed by atoms with Crippen LogP contribution in [0.15, 0.2) is 30.5 Å². The second kappa shape index (κ2) is 9.08. The van der Waals surface area contributed by atoms with E-state index in [1.807, 2.05) is 24.3 Å². The number of hydrogen-bond acceptors (Lipinski definition) is 5. The van der Waals surface area contributed by atoms with Gasteiger partial charge in [0.15, 0.2) is 17.2 Å². The maximum atomic E-state index is 12.3. The van der Waals surface area contributed by atoms with Crippen LogP contribution in [-0.4, -0.2) is 40.2 Å². The Hall–Kier alpha value is -2.57. The molecule has 0 unspecified atom stereocenters. The van der Waals surface area contributed by atoms with Gasteiger partial charge in [0.1, 0.15) is 12.7 Å². The molecular formula is C21H28N4O3. The summed E-state index contributed by atoms with van der Waals surface area (Å²) in [5.74, 6) is 2.12. The average molecular weight is 384 g/mol. The smallest absolute Gasteiger partial charge is 0.273 e. The zero-order valence-electron chi connectivity index (χ0n) is 16.2. The van der Waals surface area contributed by atoms with E-state index in [2.05, 4.69) is 15.6 Å². The van der Waals surface area contributed by atoms with Gasteiger partial charge in [0.05, 0.1) is 6.20 Å².